The summed E-state index contributed by atoms with van der Waals surface area (Å²) in [5.41, 5.74) is 5.95. The minimum absolute atomic E-state index is 0. The molecule has 3 N–H and O–H groups in total. The number of hydrogen-bond donors (Lipinski definition) is 2. The summed E-state index contributed by atoms with van der Waals surface area (Å²) in [7, 11) is 0. The van der Waals surface area contributed by atoms with Gasteiger partial charge in [-0.15, -0.1) is 22.6 Å². The van der Waals surface area contributed by atoms with Crippen molar-refractivity contribution in [1.29, 1.82) is 0 Å². The van der Waals surface area contributed by atoms with Crippen molar-refractivity contribution < 1.29 is 9.59 Å². The van der Waals surface area contributed by atoms with Crippen LogP contribution in [-0.4, -0.2) is 46.0 Å². The molecule has 124 valence electrons. The number of aromatic nitrogens is 2. The van der Waals surface area contributed by atoms with Gasteiger partial charge < -0.3 is 16.0 Å². The maximum Gasteiger partial charge on any atom is 0.225 e. The third-order valence-corrected chi connectivity index (χ3v) is 4.42. The van der Waals surface area contributed by atoms with E-state index >= 15 is 0 Å². The molecule has 7 nitrogen and oxygen atoms in total. The molecule has 2 heterocycles. The summed E-state index contributed by atoms with van der Waals surface area (Å²) in [4.78, 5) is 25.5. The molecule has 0 saturated carbocycles. The van der Waals surface area contributed by atoms with E-state index in [9.17, 15) is 9.59 Å². The molecule has 1 fully saturated rings. The zero-order valence-corrected chi connectivity index (χ0v) is 14.4. The Morgan fingerprint density at radius 1 is 1.36 bits per heavy atom. The maximum atomic E-state index is 12.3. The van der Waals surface area contributed by atoms with Gasteiger partial charge >= 0.3 is 0 Å². The van der Waals surface area contributed by atoms with Crippen molar-refractivity contribution in [3.63, 3.8) is 0 Å². The third-order valence-electron chi connectivity index (χ3n) is 3.58. The summed E-state index contributed by atoms with van der Waals surface area (Å²) >= 11 is 1.46. The molecule has 0 aromatic carbocycles. The van der Waals surface area contributed by atoms with Gasteiger partial charge in [-0.1, -0.05) is 11.3 Å². The van der Waals surface area contributed by atoms with E-state index in [0.29, 0.717) is 26.1 Å². The van der Waals surface area contributed by atoms with Crippen LogP contribution in [0, 0.1) is 12.8 Å². The lowest BCUT2D eigenvalue weighted by molar-refractivity contribution is -0.131. The molecule has 1 aliphatic rings. The number of aryl methyl sites for hydroxylation is 1. The first-order valence-electron chi connectivity index (χ1n) is 7.03. The molecular weight excluding hydrogens is 326 g/mol. The summed E-state index contributed by atoms with van der Waals surface area (Å²) in [6.07, 6.45) is 1.45. The number of likely N-dealkylation sites (tertiary alicyclic amines) is 1. The molecule has 1 saturated heterocycles. The summed E-state index contributed by atoms with van der Waals surface area (Å²) < 4.78 is 0. The zero-order chi connectivity index (χ0) is 15.4. The van der Waals surface area contributed by atoms with Crippen LogP contribution in [0.1, 0.15) is 29.8 Å². The Bertz CT molecular complexity index is 524. The highest BCUT2D eigenvalue weighted by molar-refractivity contribution is 7.11. The average molecular weight is 348 g/mol. The van der Waals surface area contributed by atoms with Crippen molar-refractivity contribution in [2.45, 2.75) is 39.3 Å². The molecule has 1 aromatic rings. The average Bonchev–Trinajstić information content (AvgIpc) is 2.73. The molecule has 2 amide bonds. The molecule has 1 aromatic heterocycles. The van der Waals surface area contributed by atoms with E-state index in [1.807, 2.05) is 6.92 Å². The standard InChI is InChI=1S/C13H21N5O2S.ClH/c1-8-16-17-12(21-8)5-15-13(20)10-3-4-11(14)7-18(6-10)9(2)19;/h10-11H,3-7,14H2,1-2H3,(H,15,20);1H/t10-,11+;/m1./s1. The number of rotatable bonds is 3. The third kappa shape index (κ3) is 5.19. The number of nitrogens with two attached hydrogens (primary N) is 1. The van der Waals surface area contributed by atoms with Gasteiger partial charge in [0.25, 0.3) is 0 Å². The Morgan fingerprint density at radius 3 is 2.68 bits per heavy atom. The summed E-state index contributed by atoms with van der Waals surface area (Å²) in [5, 5.41) is 12.4. The lowest BCUT2D eigenvalue weighted by Gasteiger charge is -2.23. The molecule has 0 spiro atoms. The van der Waals surface area contributed by atoms with Gasteiger partial charge in [-0.3, -0.25) is 9.59 Å². The number of nitrogens with zero attached hydrogens (tertiary/aromatic N) is 3. The lowest BCUT2D eigenvalue weighted by Crippen LogP contribution is -2.42. The van der Waals surface area contributed by atoms with Crippen molar-refractivity contribution in [1.82, 2.24) is 20.4 Å². The van der Waals surface area contributed by atoms with E-state index in [4.69, 9.17) is 5.73 Å². The van der Waals surface area contributed by atoms with Crippen LogP contribution in [0.3, 0.4) is 0 Å². The fourth-order valence-electron chi connectivity index (χ4n) is 2.41. The van der Waals surface area contributed by atoms with Crippen LogP contribution in [0.15, 0.2) is 0 Å². The van der Waals surface area contributed by atoms with E-state index in [0.717, 1.165) is 16.4 Å². The zero-order valence-electron chi connectivity index (χ0n) is 12.7. The first-order chi connectivity index (χ1) is 9.95. The first-order valence-corrected chi connectivity index (χ1v) is 7.85. The van der Waals surface area contributed by atoms with E-state index in [1.165, 1.54) is 18.3 Å². The topological polar surface area (TPSA) is 101 Å². The number of hydrogen-bond acceptors (Lipinski definition) is 6. The smallest absolute Gasteiger partial charge is 0.225 e. The quantitative estimate of drug-likeness (QED) is 0.827. The Labute approximate surface area is 140 Å². The second-order valence-electron chi connectivity index (χ2n) is 5.39. The fourth-order valence-corrected chi connectivity index (χ4v) is 3.06. The van der Waals surface area contributed by atoms with Gasteiger partial charge in [0.2, 0.25) is 11.8 Å². The van der Waals surface area contributed by atoms with Crippen LogP contribution < -0.4 is 11.1 Å². The molecular formula is C13H22ClN5O2S. The predicted octanol–water partition coefficient (Wildman–Crippen LogP) is 0.470. The fraction of sp³-hybridized carbons (Fsp3) is 0.692. The van der Waals surface area contributed by atoms with Crippen LogP contribution >= 0.6 is 23.7 Å². The molecule has 9 heteroatoms. The van der Waals surface area contributed by atoms with Crippen molar-refractivity contribution in [2.75, 3.05) is 13.1 Å². The Kier molecular flexibility index (Phi) is 7.18. The Balaban J connectivity index is 0.00000242. The van der Waals surface area contributed by atoms with E-state index in [2.05, 4.69) is 15.5 Å². The van der Waals surface area contributed by atoms with Crippen molar-refractivity contribution >= 4 is 35.6 Å². The number of halogens is 1. The SMILES string of the molecule is CC(=O)N1C[C@@H](N)CC[C@@H](C(=O)NCc2nnc(C)s2)C1.Cl. The van der Waals surface area contributed by atoms with Crippen LogP contribution in [0.25, 0.3) is 0 Å². The summed E-state index contributed by atoms with van der Waals surface area (Å²) in [5.74, 6) is -0.301. The lowest BCUT2D eigenvalue weighted by atomic mass is 10.0. The van der Waals surface area contributed by atoms with Crippen LogP contribution in [0.4, 0.5) is 0 Å². The van der Waals surface area contributed by atoms with Gasteiger partial charge in [-0.05, 0) is 19.8 Å². The Hall–Kier alpha value is -1.25. The van der Waals surface area contributed by atoms with Crippen LogP contribution in [-0.2, 0) is 16.1 Å². The molecule has 1 aliphatic heterocycles. The number of carbonyl (C=O) groups is 2. The monoisotopic (exact) mass is 347 g/mol. The molecule has 0 aliphatic carbocycles. The number of amides is 2. The molecule has 2 rings (SSSR count). The largest absolute Gasteiger partial charge is 0.349 e. The minimum atomic E-state index is -0.212. The van der Waals surface area contributed by atoms with Gasteiger partial charge in [-0.25, -0.2) is 0 Å². The second-order valence-corrected chi connectivity index (χ2v) is 6.66. The van der Waals surface area contributed by atoms with Gasteiger partial charge in [0.15, 0.2) is 0 Å². The number of nitrogens with one attached hydrogen (secondary N) is 1. The van der Waals surface area contributed by atoms with E-state index < -0.39 is 0 Å². The van der Waals surface area contributed by atoms with Gasteiger partial charge in [0.1, 0.15) is 10.0 Å². The molecule has 2 atom stereocenters. The summed E-state index contributed by atoms with van der Waals surface area (Å²) in [6.45, 7) is 4.73. The van der Waals surface area contributed by atoms with Crippen LogP contribution in [0.2, 0.25) is 0 Å². The van der Waals surface area contributed by atoms with Crippen molar-refractivity contribution in [3.05, 3.63) is 10.0 Å². The predicted molar refractivity (Wildman–Crippen MR) is 86.7 cm³/mol. The highest BCUT2D eigenvalue weighted by Crippen LogP contribution is 2.17. The van der Waals surface area contributed by atoms with Crippen molar-refractivity contribution in [3.8, 4) is 0 Å². The minimum Gasteiger partial charge on any atom is -0.349 e. The van der Waals surface area contributed by atoms with E-state index in [-0.39, 0.29) is 36.2 Å². The van der Waals surface area contributed by atoms with E-state index in [1.54, 1.807) is 4.90 Å². The second kappa shape index (κ2) is 8.40. The molecule has 0 radical (unpaired) electrons. The normalized spacial score (nSPS) is 21.7. The highest BCUT2D eigenvalue weighted by Gasteiger charge is 2.28. The van der Waals surface area contributed by atoms with Crippen LogP contribution in [0.5, 0.6) is 0 Å². The van der Waals surface area contributed by atoms with Gasteiger partial charge in [0, 0.05) is 26.1 Å². The highest BCUT2D eigenvalue weighted by atomic mass is 35.5. The molecule has 22 heavy (non-hydrogen) atoms. The molecule has 0 unspecified atom stereocenters. The van der Waals surface area contributed by atoms with Crippen molar-refractivity contribution in [2.24, 2.45) is 11.7 Å². The van der Waals surface area contributed by atoms with Gasteiger partial charge in [0.05, 0.1) is 12.5 Å². The van der Waals surface area contributed by atoms with Gasteiger partial charge in [-0.2, -0.15) is 0 Å². The molecule has 0 bridgehead atoms. The maximum absolute atomic E-state index is 12.3. The Morgan fingerprint density at radius 2 is 2.09 bits per heavy atom. The first kappa shape index (κ1) is 18.8. The number of carbonyl (C=O) groups excluding carboxylic acids is 2. The summed E-state index contributed by atoms with van der Waals surface area (Å²) in [6, 6.07) is -0.0579.